The molecule has 0 atom stereocenters. The minimum absolute atomic E-state index is 0.259. The Morgan fingerprint density at radius 1 is 1.08 bits per heavy atom. The number of hydrogen-bond donors (Lipinski definition) is 2. The summed E-state index contributed by atoms with van der Waals surface area (Å²) in [5, 5.41) is 0. The molecule has 6 heteroatoms. The Bertz CT molecular complexity index is 608. The molecule has 1 aromatic rings. The van der Waals surface area contributed by atoms with Gasteiger partial charge in [0.05, 0.1) is 11.4 Å². The zero-order valence-corrected chi connectivity index (χ0v) is 16.2. The van der Waals surface area contributed by atoms with Crippen molar-refractivity contribution < 1.29 is 4.79 Å². The third kappa shape index (κ3) is 4.48. The number of likely N-dealkylation sites (N-methyl/N-ethyl adjacent to an activating group) is 1. The first-order chi connectivity index (χ1) is 12.4. The second kappa shape index (κ2) is 8.27. The first kappa shape index (κ1) is 19.0. The van der Waals surface area contributed by atoms with Gasteiger partial charge in [0.25, 0.3) is 0 Å². The molecule has 26 heavy (non-hydrogen) atoms. The Hall–Kier alpha value is -1.79. The van der Waals surface area contributed by atoms with Crippen LogP contribution in [0, 0.1) is 6.92 Å². The molecule has 144 valence electrons. The molecule has 2 saturated heterocycles. The molecule has 1 aromatic carbocycles. The summed E-state index contributed by atoms with van der Waals surface area (Å²) in [5.74, 6) is 0.259. The van der Waals surface area contributed by atoms with Gasteiger partial charge in [0.1, 0.15) is 0 Å². The molecule has 0 aliphatic carbocycles. The van der Waals surface area contributed by atoms with E-state index in [2.05, 4.69) is 16.8 Å². The molecule has 3 rings (SSSR count). The number of amides is 1. The van der Waals surface area contributed by atoms with Crippen LogP contribution in [0.2, 0.25) is 0 Å². The second-order valence-electron chi connectivity index (χ2n) is 7.87. The second-order valence-corrected chi connectivity index (χ2v) is 7.87. The Kier molecular flexibility index (Phi) is 6.04. The lowest BCUT2D eigenvalue weighted by Crippen LogP contribution is -2.53. The van der Waals surface area contributed by atoms with Gasteiger partial charge in [0, 0.05) is 51.7 Å². The molecule has 1 amide bonds. The number of rotatable bonds is 4. The maximum atomic E-state index is 12.6. The average Bonchev–Trinajstić information content (AvgIpc) is 2.65. The molecule has 4 N–H and O–H groups in total. The number of likely N-dealkylation sites (tertiary alicyclic amines) is 1. The normalized spacial score (nSPS) is 20.5. The fourth-order valence-electron chi connectivity index (χ4n) is 4.12. The van der Waals surface area contributed by atoms with Gasteiger partial charge in [0.15, 0.2) is 0 Å². The molecule has 0 unspecified atom stereocenters. The number of aryl methyl sites for hydroxylation is 2. The quantitative estimate of drug-likeness (QED) is 0.793. The summed E-state index contributed by atoms with van der Waals surface area (Å²) in [6.07, 6.45) is 3.47. The lowest BCUT2D eigenvalue weighted by atomic mass is 10.0. The van der Waals surface area contributed by atoms with Crippen molar-refractivity contribution >= 4 is 17.3 Å². The maximum Gasteiger partial charge on any atom is 0.222 e. The molecule has 2 fully saturated rings. The highest BCUT2D eigenvalue weighted by Crippen LogP contribution is 2.23. The lowest BCUT2D eigenvalue weighted by molar-refractivity contribution is -0.132. The van der Waals surface area contributed by atoms with Crippen molar-refractivity contribution in [3.8, 4) is 0 Å². The molecular weight excluding hydrogens is 326 g/mol. The number of nitrogens with zero attached hydrogens (tertiary/aromatic N) is 3. The number of hydrogen-bond acceptors (Lipinski definition) is 5. The van der Waals surface area contributed by atoms with Crippen LogP contribution in [-0.2, 0) is 11.2 Å². The van der Waals surface area contributed by atoms with Crippen LogP contribution in [0.4, 0.5) is 11.4 Å². The summed E-state index contributed by atoms with van der Waals surface area (Å²) in [5.41, 5.74) is 15.2. The highest BCUT2D eigenvalue weighted by atomic mass is 16.2. The van der Waals surface area contributed by atoms with E-state index in [4.69, 9.17) is 11.5 Å². The molecule has 2 heterocycles. The summed E-state index contributed by atoms with van der Waals surface area (Å²) in [6.45, 7) is 8.37. The SMILES string of the molecule is Cc1cc(CCC(=O)N2CCC(N3CCN(C)CC3)CC2)cc(N)c1N. The zero-order chi connectivity index (χ0) is 18.7. The van der Waals surface area contributed by atoms with Crippen molar-refractivity contribution in [1.29, 1.82) is 0 Å². The summed E-state index contributed by atoms with van der Waals surface area (Å²) in [7, 11) is 2.19. The predicted molar refractivity (Wildman–Crippen MR) is 107 cm³/mol. The van der Waals surface area contributed by atoms with E-state index in [-0.39, 0.29) is 5.91 Å². The predicted octanol–water partition coefficient (Wildman–Crippen LogP) is 1.33. The Balaban J connectivity index is 1.45. The van der Waals surface area contributed by atoms with Crippen LogP contribution in [0.25, 0.3) is 0 Å². The third-order valence-electron chi connectivity index (χ3n) is 5.98. The van der Waals surface area contributed by atoms with E-state index in [1.807, 2.05) is 24.0 Å². The van der Waals surface area contributed by atoms with Crippen molar-refractivity contribution in [2.45, 2.75) is 38.6 Å². The average molecular weight is 360 g/mol. The Labute approximate surface area is 157 Å². The standard InChI is InChI=1S/C20H33N5O/c1-15-13-16(14-18(21)20(15)22)3-4-19(26)25-7-5-17(6-8-25)24-11-9-23(2)10-12-24/h13-14,17H,3-12,21-22H2,1-2H3. The van der Waals surface area contributed by atoms with Gasteiger partial charge in [-0.2, -0.15) is 0 Å². The molecule has 6 nitrogen and oxygen atoms in total. The minimum atomic E-state index is 0.259. The molecule has 0 bridgehead atoms. The minimum Gasteiger partial charge on any atom is -0.397 e. The molecule has 0 spiro atoms. The van der Waals surface area contributed by atoms with Crippen molar-refractivity contribution in [1.82, 2.24) is 14.7 Å². The Morgan fingerprint density at radius 3 is 2.35 bits per heavy atom. The van der Waals surface area contributed by atoms with Crippen LogP contribution in [0.5, 0.6) is 0 Å². The van der Waals surface area contributed by atoms with E-state index in [0.29, 0.717) is 23.8 Å². The van der Waals surface area contributed by atoms with Crippen molar-refractivity contribution in [3.63, 3.8) is 0 Å². The first-order valence-electron chi connectivity index (χ1n) is 9.79. The topological polar surface area (TPSA) is 78.8 Å². The number of carbonyl (C=O) groups excluding carboxylic acids is 1. The number of nitrogen functional groups attached to an aromatic ring is 2. The van der Waals surface area contributed by atoms with Gasteiger partial charge in [0.2, 0.25) is 5.91 Å². The lowest BCUT2D eigenvalue weighted by Gasteiger charge is -2.42. The largest absolute Gasteiger partial charge is 0.397 e. The summed E-state index contributed by atoms with van der Waals surface area (Å²) >= 11 is 0. The maximum absolute atomic E-state index is 12.6. The monoisotopic (exact) mass is 359 g/mol. The van der Waals surface area contributed by atoms with Gasteiger partial charge < -0.3 is 21.3 Å². The highest BCUT2D eigenvalue weighted by molar-refractivity contribution is 5.77. The van der Waals surface area contributed by atoms with Gasteiger partial charge >= 0.3 is 0 Å². The van der Waals surface area contributed by atoms with Gasteiger partial charge in [-0.25, -0.2) is 0 Å². The van der Waals surface area contributed by atoms with E-state index >= 15 is 0 Å². The first-order valence-corrected chi connectivity index (χ1v) is 9.79. The van der Waals surface area contributed by atoms with E-state index < -0.39 is 0 Å². The molecular formula is C20H33N5O. The summed E-state index contributed by atoms with van der Waals surface area (Å²) < 4.78 is 0. The third-order valence-corrected chi connectivity index (χ3v) is 5.98. The molecule has 0 aromatic heterocycles. The number of anilines is 2. The van der Waals surface area contributed by atoms with Crippen molar-refractivity contribution in [3.05, 3.63) is 23.3 Å². The van der Waals surface area contributed by atoms with E-state index in [1.165, 1.54) is 0 Å². The van der Waals surface area contributed by atoms with Gasteiger partial charge in [-0.1, -0.05) is 6.07 Å². The van der Waals surface area contributed by atoms with E-state index in [1.54, 1.807) is 0 Å². The van der Waals surface area contributed by atoms with Crippen LogP contribution >= 0.6 is 0 Å². The van der Waals surface area contributed by atoms with Crippen LogP contribution in [0.3, 0.4) is 0 Å². The van der Waals surface area contributed by atoms with Crippen molar-refractivity contribution in [2.24, 2.45) is 0 Å². The smallest absolute Gasteiger partial charge is 0.222 e. The number of benzene rings is 1. The van der Waals surface area contributed by atoms with Crippen LogP contribution in [0.15, 0.2) is 12.1 Å². The zero-order valence-electron chi connectivity index (χ0n) is 16.2. The van der Waals surface area contributed by atoms with Crippen LogP contribution < -0.4 is 11.5 Å². The Morgan fingerprint density at radius 2 is 1.73 bits per heavy atom. The number of piperidine rings is 1. The van der Waals surface area contributed by atoms with E-state index in [9.17, 15) is 4.79 Å². The molecule has 2 aliphatic rings. The summed E-state index contributed by atoms with van der Waals surface area (Å²) in [6, 6.07) is 4.58. The van der Waals surface area contributed by atoms with Gasteiger partial charge in [-0.15, -0.1) is 0 Å². The number of piperazine rings is 1. The molecule has 0 radical (unpaired) electrons. The van der Waals surface area contributed by atoms with Gasteiger partial charge in [-0.3, -0.25) is 9.69 Å². The van der Waals surface area contributed by atoms with Crippen molar-refractivity contribution in [2.75, 3.05) is 57.8 Å². The fraction of sp³-hybridized carbons (Fsp3) is 0.650. The van der Waals surface area contributed by atoms with Crippen LogP contribution in [0.1, 0.15) is 30.4 Å². The number of carbonyl (C=O) groups is 1. The van der Waals surface area contributed by atoms with Gasteiger partial charge in [-0.05, 0) is 50.4 Å². The van der Waals surface area contributed by atoms with E-state index in [0.717, 1.165) is 69.7 Å². The summed E-state index contributed by atoms with van der Waals surface area (Å²) in [4.78, 5) is 19.6. The van der Waals surface area contributed by atoms with Crippen LogP contribution in [-0.4, -0.2) is 73.0 Å². The molecule has 0 saturated carbocycles. The highest BCUT2D eigenvalue weighted by Gasteiger charge is 2.28. The molecule has 2 aliphatic heterocycles. The fourth-order valence-corrected chi connectivity index (χ4v) is 4.12. The number of nitrogens with two attached hydrogens (primary N) is 2.